The van der Waals surface area contributed by atoms with E-state index < -0.39 is 6.04 Å². The molecule has 106 valence electrons. The van der Waals surface area contributed by atoms with E-state index in [-0.39, 0.29) is 12.5 Å². The Morgan fingerprint density at radius 3 is 3.05 bits per heavy atom. The van der Waals surface area contributed by atoms with Crippen LogP contribution in [0.3, 0.4) is 0 Å². The largest absolute Gasteiger partial charge is 0.376 e. The minimum absolute atomic E-state index is 0.0594. The normalized spacial score (nSPS) is 18.6. The molecule has 0 aliphatic carbocycles. The van der Waals surface area contributed by atoms with Gasteiger partial charge in [-0.2, -0.15) is 5.26 Å². The Hall–Kier alpha value is -1.28. The topological polar surface area (TPSA) is 53.3 Å². The van der Waals surface area contributed by atoms with Gasteiger partial charge in [0.25, 0.3) is 0 Å². The Kier molecular flexibility index (Phi) is 5.24. The minimum Gasteiger partial charge on any atom is -0.376 e. The van der Waals surface area contributed by atoms with Gasteiger partial charge >= 0.3 is 0 Å². The number of aryl methyl sites for hydroxylation is 1. The Morgan fingerprint density at radius 1 is 1.50 bits per heavy atom. The van der Waals surface area contributed by atoms with Gasteiger partial charge in [-0.1, -0.05) is 35.3 Å². The lowest BCUT2D eigenvalue weighted by molar-refractivity contribution is -0.137. The van der Waals surface area contributed by atoms with E-state index in [2.05, 4.69) is 6.07 Å². The molecule has 0 N–H and O–H groups in total. The summed E-state index contributed by atoms with van der Waals surface area (Å²) < 4.78 is 5.20. The first-order valence-electron chi connectivity index (χ1n) is 6.33. The van der Waals surface area contributed by atoms with Crippen molar-refractivity contribution in [2.24, 2.45) is 0 Å². The molecule has 1 aromatic rings. The van der Waals surface area contributed by atoms with E-state index in [9.17, 15) is 4.79 Å². The molecule has 1 fully saturated rings. The van der Waals surface area contributed by atoms with Crippen LogP contribution in [0.25, 0.3) is 0 Å². The highest BCUT2D eigenvalue weighted by atomic mass is 35.5. The van der Waals surface area contributed by atoms with E-state index in [0.717, 1.165) is 5.56 Å². The van der Waals surface area contributed by atoms with Gasteiger partial charge in [0, 0.05) is 13.0 Å². The summed E-state index contributed by atoms with van der Waals surface area (Å²) in [5, 5.41) is 9.98. The summed E-state index contributed by atoms with van der Waals surface area (Å²) in [5.74, 6) is -0.0594. The standard InChI is InChI=1S/C14H14Cl2N2O2/c15-12-3-1-2-10(14(12)16)4-5-13(19)18-6-7-20-9-11(18)8-17/h1-3,11H,4-7,9H2/t11-/m0/s1. The van der Waals surface area contributed by atoms with E-state index in [1.807, 2.05) is 6.07 Å². The van der Waals surface area contributed by atoms with Gasteiger partial charge in [0.2, 0.25) is 5.91 Å². The lowest BCUT2D eigenvalue weighted by atomic mass is 10.1. The average molecular weight is 313 g/mol. The maximum atomic E-state index is 12.2. The summed E-state index contributed by atoms with van der Waals surface area (Å²) in [6.07, 6.45) is 0.811. The van der Waals surface area contributed by atoms with Crippen molar-refractivity contribution in [1.82, 2.24) is 4.90 Å². The summed E-state index contributed by atoms with van der Waals surface area (Å²) in [4.78, 5) is 13.8. The van der Waals surface area contributed by atoms with Crippen molar-refractivity contribution in [1.29, 1.82) is 5.26 Å². The van der Waals surface area contributed by atoms with Crippen LogP contribution < -0.4 is 0 Å². The number of hydrogen-bond acceptors (Lipinski definition) is 3. The maximum Gasteiger partial charge on any atom is 0.224 e. The predicted octanol–water partition coefficient (Wildman–Crippen LogP) is 2.68. The third-order valence-corrected chi connectivity index (χ3v) is 4.10. The second-order valence-corrected chi connectivity index (χ2v) is 5.31. The third-order valence-electron chi connectivity index (χ3n) is 3.24. The number of amides is 1. The zero-order valence-electron chi connectivity index (χ0n) is 10.8. The van der Waals surface area contributed by atoms with E-state index >= 15 is 0 Å². The zero-order chi connectivity index (χ0) is 14.5. The van der Waals surface area contributed by atoms with Gasteiger partial charge in [-0.25, -0.2) is 0 Å². The van der Waals surface area contributed by atoms with Crippen molar-refractivity contribution >= 4 is 29.1 Å². The number of benzene rings is 1. The van der Waals surface area contributed by atoms with Gasteiger partial charge in [-0.15, -0.1) is 0 Å². The Labute approximate surface area is 127 Å². The molecule has 0 radical (unpaired) electrons. The van der Waals surface area contributed by atoms with E-state index in [0.29, 0.717) is 36.0 Å². The van der Waals surface area contributed by atoms with Crippen LogP contribution in [-0.2, 0) is 16.0 Å². The molecule has 1 saturated heterocycles. The zero-order valence-corrected chi connectivity index (χ0v) is 12.3. The molecule has 0 saturated carbocycles. The first-order chi connectivity index (χ1) is 9.63. The molecule has 6 heteroatoms. The van der Waals surface area contributed by atoms with Gasteiger partial charge in [-0.05, 0) is 18.1 Å². The van der Waals surface area contributed by atoms with Crippen LogP contribution in [0.15, 0.2) is 18.2 Å². The first kappa shape index (κ1) is 15.1. The molecule has 1 aliphatic rings. The Balaban J connectivity index is 1.98. The smallest absolute Gasteiger partial charge is 0.224 e. The molecule has 2 rings (SSSR count). The quantitative estimate of drug-likeness (QED) is 0.862. The minimum atomic E-state index is -0.494. The second-order valence-electron chi connectivity index (χ2n) is 4.52. The van der Waals surface area contributed by atoms with Gasteiger partial charge in [0.1, 0.15) is 6.04 Å². The Bertz CT molecular complexity index is 542. The molecular formula is C14H14Cl2N2O2. The van der Waals surface area contributed by atoms with Crippen LogP contribution >= 0.6 is 23.2 Å². The first-order valence-corrected chi connectivity index (χ1v) is 7.09. The number of nitriles is 1. The summed E-state index contributed by atoms with van der Waals surface area (Å²) in [7, 11) is 0. The van der Waals surface area contributed by atoms with Crippen molar-refractivity contribution in [2.45, 2.75) is 18.9 Å². The maximum absolute atomic E-state index is 12.2. The van der Waals surface area contributed by atoms with Crippen LogP contribution in [0.4, 0.5) is 0 Å². The van der Waals surface area contributed by atoms with Gasteiger partial charge in [-0.3, -0.25) is 4.79 Å². The molecule has 1 aliphatic heterocycles. The molecule has 0 bridgehead atoms. The molecule has 0 aromatic heterocycles. The van der Waals surface area contributed by atoms with Gasteiger partial charge < -0.3 is 9.64 Å². The number of hydrogen-bond donors (Lipinski definition) is 0. The second kappa shape index (κ2) is 6.94. The fourth-order valence-electron chi connectivity index (χ4n) is 2.14. The van der Waals surface area contributed by atoms with Crippen LogP contribution in [0.5, 0.6) is 0 Å². The molecule has 1 atom stereocenters. The van der Waals surface area contributed by atoms with Crippen molar-refractivity contribution in [3.05, 3.63) is 33.8 Å². The molecule has 0 unspecified atom stereocenters. The number of halogens is 2. The fraction of sp³-hybridized carbons (Fsp3) is 0.429. The van der Waals surface area contributed by atoms with Gasteiger partial charge in [0.05, 0.1) is 29.3 Å². The summed E-state index contributed by atoms with van der Waals surface area (Å²) in [6.45, 7) is 1.21. The molecule has 1 aromatic carbocycles. The van der Waals surface area contributed by atoms with E-state index in [4.69, 9.17) is 33.2 Å². The SMILES string of the molecule is N#C[C@H]1COCCN1C(=O)CCc1cccc(Cl)c1Cl. The lowest BCUT2D eigenvalue weighted by Gasteiger charge is -2.31. The lowest BCUT2D eigenvalue weighted by Crippen LogP contribution is -2.48. The van der Waals surface area contributed by atoms with Crippen molar-refractivity contribution in [2.75, 3.05) is 19.8 Å². The molecule has 0 spiro atoms. The number of carbonyl (C=O) groups is 1. The van der Waals surface area contributed by atoms with Crippen LogP contribution in [-0.4, -0.2) is 36.6 Å². The fourth-order valence-corrected chi connectivity index (χ4v) is 2.55. The Morgan fingerprint density at radius 2 is 2.30 bits per heavy atom. The third kappa shape index (κ3) is 3.43. The van der Waals surface area contributed by atoms with Crippen molar-refractivity contribution < 1.29 is 9.53 Å². The molecule has 1 heterocycles. The molecule has 1 amide bonds. The monoisotopic (exact) mass is 312 g/mol. The summed E-state index contributed by atoms with van der Waals surface area (Å²) >= 11 is 12.0. The molecule has 4 nitrogen and oxygen atoms in total. The number of rotatable bonds is 3. The highest BCUT2D eigenvalue weighted by Gasteiger charge is 2.26. The van der Waals surface area contributed by atoms with E-state index in [1.54, 1.807) is 17.0 Å². The van der Waals surface area contributed by atoms with Crippen LogP contribution in [0.2, 0.25) is 10.0 Å². The van der Waals surface area contributed by atoms with Crippen molar-refractivity contribution in [3.63, 3.8) is 0 Å². The van der Waals surface area contributed by atoms with Gasteiger partial charge in [0.15, 0.2) is 0 Å². The number of morpholine rings is 1. The van der Waals surface area contributed by atoms with E-state index in [1.165, 1.54) is 0 Å². The van der Waals surface area contributed by atoms with Crippen LogP contribution in [0, 0.1) is 11.3 Å². The average Bonchev–Trinajstić information content (AvgIpc) is 2.48. The molecule has 20 heavy (non-hydrogen) atoms. The predicted molar refractivity (Wildman–Crippen MR) is 76.7 cm³/mol. The number of ether oxygens (including phenoxy) is 1. The summed E-state index contributed by atoms with van der Waals surface area (Å²) in [5.41, 5.74) is 0.842. The van der Waals surface area contributed by atoms with Crippen LogP contribution in [0.1, 0.15) is 12.0 Å². The highest BCUT2D eigenvalue weighted by molar-refractivity contribution is 6.42. The number of nitrogens with zero attached hydrogens (tertiary/aromatic N) is 2. The number of carbonyl (C=O) groups excluding carboxylic acids is 1. The molecular weight excluding hydrogens is 299 g/mol. The summed E-state index contributed by atoms with van der Waals surface area (Å²) in [6, 6.07) is 6.96. The highest BCUT2D eigenvalue weighted by Crippen LogP contribution is 2.26. The van der Waals surface area contributed by atoms with Crippen molar-refractivity contribution in [3.8, 4) is 6.07 Å².